The lowest BCUT2D eigenvalue weighted by Crippen LogP contribution is -2.68. The Balaban J connectivity index is 1.29. The minimum atomic E-state index is -0.169. The minimum Gasteiger partial charge on any atom is -0.224 e. The number of allylic oxidation sites excluding steroid dienone is 3. The third-order valence-corrected chi connectivity index (χ3v) is 16.0. The van der Waals surface area contributed by atoms with Gasteiger partial charge in [-0.2, -0.15) is 4.57 Å². The quantitative estimate of drug-likeness (QED) is 0.0555. The first kappa shape index (κ1) is 42.6. The van der Waals surface area contributed by atoms with Gasteiger partial charge in [0.15, 0.2) is 6.20 Å². The van der Waals surface area contributed by atoms with E-state index in [1.54, 1.807) is 0 Å². The average molecular weight is 826 g/mol. The summed E-state index contributed by atoms with van der Waals surface area (Å²) in [6.07, 6.45) is 20.3. The summed E-state index contributed by atoms with van der Waals surface area (Å²) in [4.78, 5) is 0. The Labute approximate surface area is 370 Å². The molecule has 7 aromatic rings. The highest BCUT2D eigenvalue weighted by atomic mass is 32.1. The van der Waals surface area contributed by atoms with Gasteiger partial charge in [0.2, 0.25) is 5.69 Å². The molecular formula is C57H67N3S+2. The zero-order chi connectivity index (χ0) is 43.1. The van der Waals surface area contributed by atoms with Crippen LogP contribution in [0.5, 0.6) is 0 Å². The van der Waals surface area contributed by atoms with E-state index in [0.29, 0.717) is 11.8 Å². The van der Waals surface area contributed by atoms with Gasteiger partial charge in [0, 0.05) is 48.3 Å². The van der Waals surface area contributed by atoms with Crippen LogP contribution in [0, 0.1) is 0 Å². The van der Waals surface area contributed by atoms with Crippen molar-refractivity contribution in [3.05, 3.63) is 156 Å². The highest BCUT2D eigenvalue weighted by Crippen LogP contribution is 2.54. The molecule has 1 aliphatic heterocycles. The number of pyridine rings is 1. The monoisotopic (exact) mass is 826 g/mol. The fourth-order valence-corrected chi connectivity index (χ4v) is 12.5. The molecule has 0 saturated carbocycles. The number of unbranched alkanes of at least 4 members (excludes halogenated alkanes) is 2. The molecule has 4 heteroatoms. The number of rotatable bonds is 15. The standard InChI is InChI=1S/C57H67N3S/c1-11-16-17-23-40(8)45-27-22-26-44(39(6)7)53(45)59-36-37-60-55(59)48-25-18-20-28-49(48)57(15-5,56(60,9)14-4)35-34-42-30-32-47-46-24-19-21-29-51(46)61-54(47)52(42)50-33-31-43(38-58(50)10)41(12-2)13-3/h12-13,18-22,24-33,36-40H,2,11,14-17,23,34-35H2,1,3-10H3/q+2. The maximum atomic E-state index is 4.10. The lowest BCUT2D eigenvalue weighted by Gasteiger charge is -2.50. The number of imidazole rings is 1. The summed E-state index contributed by atoms with van der Waals surface area (Å²) in [6.45, 7) is 23.1. The largest absolute Gasteiger partial charge is 0.294 e. The molecule has 61 heavy (non-hydrogen) atoms. The van der Waals surface area contributed by atoms with Crippen molar-refractivity contribution < 1.29 is 9.13 Å². The van der Waals surface area contributed by atoms with Gasteiger partial charge in [-0.05, 0) is 92.7 Å². The molecule has 3 aromatic heterocycles. The average Bonchev–Trinajstić information content (AvgIpc) is 3.90. The van der Waals surface area contributed by atoms with Crippen LogP contribution in [0.1, 0.15) is 140 Å². The van der Waals surface area contributed by atoms with E-state index in [2.05, 4.69) is 198 Å². The van der Waals surface area contributed by atoms with Gasteiger partial charge in [0.1, 0.15) is 30.7 Å². The van der Waals surface area contributed by atoms with Gasteiger partial charge in [-0.1, -0.05) is 146 Å². The van der Waals surface area contributed by atoms with Crippen molar-refractivity contribution in [2.45, 2.75) is 130 Å². The van der Waals surface area contributed by atoms with Crippen LogP contribution in [0.15, 0.2) is 128 Å². The zero-order valence-corrected chi connectivity index (χ0v) is 39.1. The number of nitrogens with zero attached hydrogens (tertiary/aromatic N) is 3. The first-order chi connectivity index (χ1) is 29.6. The number of hydrogen-bond acceptors (Lipinski definition) is 1. The Morgan fingerprint density at radius 1 is 0.852 bits per heavy atom. The van der Waals surface area contributed by atoms with Crippen LogP contribution >= 0.6 is 11.3 Å². The topological polar surface area (TPSA) is 12.7 Å². The second-order valence-electron chi connectivity index (χ2n) is 18.2. The zero-order valence-electron chi connectivity index (χ0n) is 38.3. The van der Waals surface area contributed by atoms with Crippen LogP contribution < -0.4 is 9.13 Å². The Bertz CT molecular complexity index is 2760. The third-order valence-electron chi connectivity index (χ3n) is 14.8. The van der Waals surface area contributed by atoms with Crippen LogP contribution in [0.25, 0.3) is 54.1 Å². The number of aromatic nitrogens is 3. The summed E-state index contributed by atoms with van der Waals surface area (Å²) < 4.78 is 10.4. The summed E-state index contributed by atoms with van der Waals surface area (Å²) >= 11 is 1.94. The van der Waals surface area contributed by atoms with Crippen LogP contribution in [-0.4, -0.2) is 4.57 Å². The molecule has 4 aromatic carbocycles. The molecule has 0 spiro atoms. The molecule has 0 radical (unpaired) electrons. The molecule has 0 fully saturated rings. The molecule has 8 rings (SSSR count). The van der Waals surface area contributed by atoms with E-state index in [0.717, 1.165) is 31.3 Å². The summed E-state index contributed by atoms with van der Waals surface area (Å²) in [6, 6.07) is 34.9. The Kier molecular flexibility index (Phi) is 12.1. The lowest BCUT2D eigenvalue weighted by molar-refractivity contribution is -0.765. The molecule has 0 bridgehead atoms. The number of thiophene rings is 1. The molecule has 314 valence electrons. The normalized spacial score (nSPS) is 18.2. The molecular weight excluding hydrogens is 759 g/mol. The summed E-state index contributed by atoms with van der Waals surface area (Å²) in [5.41, 5.74) is 13.2. The van der Waals surface area contributed by atoms with Crippen molar-refractivity contribution in [3.8, 4) is 28.3 Å². The van der Waals surface area contributed by atoms with Crippen LogP contribution in [0.3, 0.4) is 0 Å². The second kappa shape index (κ2) is 17.4. The third kappa shape index (κ3) is 7.04. The second-order valence-corrected chi connectivity index (χ2v) is 19.3. The Hall–Kier alpha value is -5.06. The number of hydrogen-bond donors (Lipinski definition) is 0. The van der Waals surface area contributed by atoms with Crippen LogP contribution in [-0.2, 0) is 24.4 Å². The SMILES string of the molecule is C=CC(=CC)c1ccc(-c2c(CCC3(CC)c4ccccc4-c4n(-c5c(C(C)C)cccc5C(C)CCCCC)cc[n+]4C3(C)CC)ccc3c2sc2ccccc23)[n+](C)c1. The fraction of sp³-hybridized carbons (Fsp3) is 0.368. The van der Waals surface area contributed by atoms with Crippen molar-refractivity contribution in [1.29, 1.82) is 0 Å². The molecule has 0 N–H and O–H groups in total. The van der Waals surface area contributed by atoms with Gasteiger partial charge < -0.3 is 0 Å². The van der Waals surface area contributed by atoms with E-state index in [4.69, 9.17) is 0 Å². The van der Waals surface area contributed by atoms with Gasteiger partial charge in [0.05, 0.1) is 11.1 Å². The van der Waals surface area contributed by atoms with Crippen molar-refractivity contribution >= 4 is 37.1 Å². The van der Waals surface area contributed by atoms with Gasteiger partial charge in [-0.25, -0.2) is 9.13 Å². The van der Waals surface area contributed by atoms with Crippen molar-refractivity contribution in [2.24, 2.45) is 7.05 Å². The summed E-state index contributed by atoms with van der Waals surface area (Å²) in [7, 11) is 2.21. The van der Waals surface area contributed by atoms with E-state index in [9.17, 15) is 0 Å². The predicted molar refractivity (Wildman–Crippen MR) is 262 cm³/mol. The predicted octanol–water partition coefficient (Wildman–Crippen LogP) is 15.1. The molecule has 0 saturated heterocycles. The van der Waals surface area contributed by atoms with E-state index in [1.165, 1.54) is 102 Å². The van der Waals surface area contributed by atoms with Gasteiger partial charge in [-0.3, -0.25) is 0 Å². The van der Waals surface area contributed by atoms with Gasteiger partial charge >= 0.3 is 0 Å². The van der Waals surface area contributed by atoms with Crippen molar-refractivity contribution in [3.63, 3.8) is 0 Å². The summed E-state index contributed by atoms with van der Waals surface area (Å²) in [5.74, 6) is 2.20. The van der Waals surface area contributed by atoms with E-state index in [-0.39, 0.29) is 11.0 Å². The first-order valence-electron chi connectivity index (χ1n) is 23.2. The molecule has 3 atom stereocenters. The van der Waals surface area contributed by atoms with Crippen molar-refractivity contribution in [2.75, 3.05) is 0 Å². The fourth-order valence-electron chi connectivity index (χ4n) is 11.2. The molecule has 3 nitrogen and oxygen atoms in total. The maximum Gasteiger partial charge on any atom is 0.294 e. The van der Waals surface area contributed by atoms with E-state index in [1.807, 2.05) is 17.4 Å². The molecule has 0 aliphatic carbocycles. The van der Waals surface area contributed by atoms with Crippen LogP contribution in [0.4, 0.5) is 0 Å². The molecule has 0 amide bonds. The number of aryl methyl sites for hydroxylation is 2. The number of benzene rings is 4. The number of fused-ring (bicyclic) bond motifs is 6. The maximum absolute atomic E-state index is 4.10. The van der Waals surface area contributed by atoms with Crippen molar-refractivity contribution in [1.82, 2.24) is 4.57 Å². The van der Waals surface area contributed by atoms with E-state index < -0.39 is 0 Å². The molecule has 4 heterocycles. The highest BCUT2D eigenvalue weighted by Gasteiger charge is 2.57. The smallest absolute Gasteiger partial charge is 0.224 e. The van der Waals surface area contributed by atoms with Gasteiger partial charge in [-0.15, -0.1) is 11.3 Å². The Morgan fingerprint density at radius 3 is 2.34 bits per heavy atom. The molecule has 3 unspecified atom stereocenters. The van der Waals surface area contributed by atoms with Gasteiger partial charge in [0.25, 0.3) is 5.82 Å². The Morgan fingerprint density at radius 2 is 1.62 bits per heavy atom. The highest BCUT2D eigenvalue weighted by molar-refractivity contribution is 7.26. The first-order valence-corrected chi connectivity index (χ1v) is 24.0. The lowest BCUT2D eigenvalue weighted by atomic mass is 9.57. The van der Waals surface area contributed by atoms with E-state index >= 15 is 0 Å². The molecule has 1 aliphatic rings. The minimum absolute atomic E-state index is 0.112. The van der Waals surface area contributed by atoms with Crippen LogP contribution in [0.2, 0.25) is 0 Å². The summed E-state index contributed by atoms with van der Waals surface area (Å²) in [5, 5.41) is 2.69. The number of para-hydroxylation sites is 1.